The van der Waals surface area contributed by atoms with E-state index in [2.05, 4.69) is 4.74 Å². The number of hydrogen-bond acceptors (Lipinski definition) is 3. The second-order valence-electron chi connectivity index (χ2n) is 2.71. The van der Waals surface area contributed by atoms with E-state index in [4.69, 9.17) is 16.0 Å². The molecular weight excluding hydrogens is 204 g/mol. The lowest BCUT2D eigenvalue weighted by atomic mass is 10.2. The van der Waals surface area contributed by atoms with Crippen molar-refractivity contribution in [3.8, 4) is 0 Å². The van der Waals surface area contributed by atoms with Crippen LogP contribution < -0.4 is 0 Å². The normalized spacial score (nSPS) is 10.4. The van der Waals surface area contributed by atoms with Gasteiger partial charge in [-0.15, -0.1) is 0 Å². The Bertz CT molecular complexity index is 461. The maximum Gasteiger partial charge on any atom is 0.339 e. The number of furan rings is 1. The predicted octanol–water partition coefficient (Wildman–Crippen LogP) is 2.79. The molecule has 0 saturated heterocycles. The quantitative estimate of drug-likeness (QED) is 0.565. The minimum atomic E-state index is -0.428. The fourth-order valence-corrected chi connectivity index (χ4v) is 1.33. The van der Waals surface area contributed by atoms with Gasteiger partial charge in [-0.2, -0.15) is 0 Å². The van der Waals surface area contributed by atoms with Gasteiger partial charge in [0.05, 0.1) is 11.8 Å². The van der Waals surface area contributed by atoms with Gasteiger partial charge in [0.25, 0.3) is 0 Å². The van der Waals surface area contributed by atoms with Crippen LogP contribution in [0.15, 0.2) is 34.9 Å². The number of ether oxygens (including phenoxy) is 1. The number of carbonyl (C=O) groups is 1. The van der Waals surface area contributed by atoms with Gasteiger partial charge < -0.3 is 9.15 Å². The molecule has 14 heavy (non-hydrogen) atoms. The molecule has 72 valence electrons. The first-order valence-corrected chi connectivity index (χ1v) is 4.55. The molecule has 1 aromatic heterocycles. The van der Waals surface area contributed by atoms with E-state index >= 15 is 0 Å². The van der Waals surface area contributed by atoms with Crippen molar-refractivity contribution in [1.82, 2.24) is 0 Å². The van der Waals surface area contributed by atoms with Crippen molar-refractivity contribution in [3.05, 3.63) is 36.1 Å². The topological polar surface area (TPSA) is 39.4 Å². The Hall–Kier alpha value is -1.48. The Kier molecular flexibility index (Phi) is 2.41. The van der Waals surface area contributed by atoms with Gasteiger partial charge in [0, 0.05) is 5.39 Å². The van der Waals surface area contributed by atoms with Crippen LogP contribution in [0.2, 0.25) is 0 Å². The molecular formula is C10H7ClO3. The summed E-state index contributed by atoms with van der Waals surface area (Å²) in [6.07, 6.45) is 1.57. The second-order valence-corrected chi connectivity index (χ2v) is 2.93. The molecule has 0 fully saturated rings. The van der Waals surface area contributed by atoms with Crippen LogP contribution in [-0.4, -0.2) is 12.0 Å². The van der Waals surface area contributed by atoms with Gasteiger partial charge in [0.15, 0.2) is 6.07 Å². The minimum Gasteiger partial charge on any atom is -0.464 e. The van der Waals surface area contributed by atoms with Crippen LogP contribution in [0.5, 0.6) is 0 Å². The van der Waals surface area contributed by atoms with Gasteiger partial charge in [-0.1, -0.05) is 11.6 Å². The van der Waals surface area contributed by atoms with E-state index in [1.54, 1.807) is 30.5 Å². The summed E-state index contributed by atoms with van der Waals surface area (Å²) < 4.78 is 9.78. The summed E-state index contributed by atoms with van der Waals surface area (Å²) in [5.74, 6) is -0.428. The lowest BCUT2D eigenvalue weighted by Gasteiger charge is -1.99. The van der Waals surface area contributed by atoms with E-state index in [1.165, 1.54) is 0 Å². The Labute approximate surface area is 85.2 Å². The predicted molar refractivity (Wildman–Crippen MR) is 52.3 cm³/mol. The van der Waals surface area contributed by atoms with Crippen molar-refractivity contribution in [2.24, 2.45) is 0 Å². The third-order valence-electron chi connectivity index (χ3n) is 1.87. The molecule has 0 saturated carbocycles. The first-order chi connectivity index (χ1) is 6.81. The SMILES string of the molecule is O=C(OCCl)c1ccc2occc2c1. The van der Waals surface area contributed by atoms with Crippen LogP contribution in [0.1, 0.15) is 10.4 Å². The van der Waals surface area contributed by atoms with E-state index in [0.717, 1.165) is 11.0 Å². The molecule has 0 amide bonds. The Morgan fingerprint density at radius 1 is 1.43 bits per heavy atom. The highest BCUT2D eigenvalue weighted by molar-refractivity contribution is 6.17. The number of alkyl halides is 1. The van der Waals surface area contributed by atoms with Crippen molar-refractivity contribution in [1.29, 1.82) is 0 Å². The summed E-state index contributed by atoms with van der Waals surface area (Å²) in [5, 5.41) is 0.869. The lowest BCUT2D eigenvalue weighted by molar-refractivity contribution is 0.0574. The summed E-state index contributed by atoms with van der Waals surface area (Å²) in [6.45, 7) is 0. The fourth-order valence-electron chi connectivity index (χ4n) is 1.23. The van der Waals surface area contributed by atoms with E-state index in [-0.39, 0.29) is 6.07 Å². The van der Waals surface area contributed by atoms with Crippen molar-refractivity contribution >= 4 is 28.5 Å². The molecule has 0 aliphatic carbocycles. The van der Waals surface area contributed by atoms with Gasteiger partial charge in [-0.05, 0) is 24.3 Å². The standard InChI is InChI=1S/C10H7ClO3/c11-6-14-10(12)8-1-2-9-7(5-8)3-4-13-9/h1-5H,6H2. The van der Waals surface area contributed by atoms with Gasteiger partial charge in [-0.3, -0.25) is 0 Å². The third-order valence-corrected chi connectivity index (χ3v) is 1.98. The molecule has 0 spiro atoms. The lowest BCUT2D eigenvalue weighted by Crippen LogP contribution is -2.02. The molecule has 0 aliphatic heterocycles. The Morgan fingerprint density at radius 2 is 2.29 bits per heavy atom. The maximum atomic E-state index is 11.3. The first kappa shape index (κ1) is 9.09. The average Bonchev–Trinajstić information content (AvgIpc) is 2.64. The molecule has 2 rings (SSSR count). The highest BCUT2D eigenvalue weighted by atomic mass is 35.5. The number of hydrogen-bond donors (Lipinski definition) is 0. The number of carbonyl (C=O) groups excluding carboxylic acids is 1. The van der Waals surface area contributed by atoms with E-state index in [1.807, 2.05) is 0 Å². The molecule has 3 nitrogen and oxygen atoms in total. The van der Waals surface area contributed by atoms with Crippen molar-refractivity contribution in [2.45, 2.75) is 0 Å². The Morgan fingerprint density at radius 3 is 3.07 bits per heavy atom. The molecule has 0 unspecified atom stereocenters. The average molecular weight is 211 g/mol. The molecule has 4 heteroatoms. The van der Waals surface area contributed by atoms with Crippen LogP contribution in [-0.2, 0) is 4.74 Å². The summed E-state index contributed by atoms with van der Waals surface area (Å²) in [6, 6.07) is 6.71. The van der Waals surface area contributed by atoms with Gasteiger partial charge in [-0.25, -0.2) is 4.79 Å². The number of halogens is 1. The molecule has 1 heterocycles. The molecule has 0 aliphatic rings. The zero-order valence-corrected chi connectivity index (χ0v) is 7.95. The smallest absolute Gasteiger partial charge is 0.339 e. The first-order valence-electron chi connectivity index (χ1n) is 4.01. The number of benzene rings is 1. The number of rotatable bonds is 2. The molecule has 0 atom stereocenters. The summed E-state index contributed by atoms with van der Waals surface area (Å²) in [4.78, 5) is 11.3. The zero-order valence-electron chi connectivity index (χ0n) is 7.20. The largest absolute Gasteiger partial charge is 0.464 e. The third kappa shape index (κ3) is 1.59. The van der Waals surface area contributed by atoms with Crippen LogP contribution in [0.25, 0.3) is 11.0 Å². The second kappa shape index (κ2) is 3.72. The van der Waals surface area contributed by atoms with Gasteiger partial charge in [0.1, 0.15) is 5.58 Å². The van der Waals surface area contributed by atoms with Crippen molar-refractivity contribution in [3.63, 3.8) is 0 Å². The molecule has 0 radical (unpaired) electrons. The molecule has 0 bridgehead atoms. The molecule has 2 aromatic rings. The highest BCUT2D eigenvalue weighted by Gasteiger charge is 2.07. The monoisotopic (exact) mass is 210 g/mol. The van der Waals surface area contributed by atoms with Crippen molar-refractivity contribution < 1.29 is 13.9 Å². The molecule has 1 aromatic carbocycles. The minimum absolute atomic E-state index is 0.137. The van der Waals surface area contributed by atoms with E-state index < -0.39 is 5.97 Å². The highest BCUT2D eigenvalue weighted by Crippen LogP contribution is 2.17. The number of esters is 1. The fraction of sp³-hybridized carbons (Fsp3) is 0.100. The van der Waals surface area contributed by atoms with Crippen LogP contribution in [0.4, 0.5) is 0 Å². The van der Waals surface area contributed by atoms with E-state index in [9.17, 15) is 4.79 Å². The molecule has 0 N–H and O–H groups in total. The number of fused-ring (bicyclic) bond motifs is 1. The Balaban J connectivity index is 2.38. The van der Waals surface area contributed by atoms with Gasteiger partial charge >= 0.3 is 5.97 Å². The van der Waals surface area contributed by atoms with Crippen molar-refractivity contribution in [2.75, 3.05) is 6.07 Å². The summed E-state index contributed by atoms with van der Waals surface area (Å²) in [5.41, 5.74) is 1.21. The summed E-state index contributed by atoms with van der Waals surface area (Å²) >= 11 is 5.28. The van der Waals surface area contributed by atoms with Crippen LogP contribution in [0.3, 0.4) is 0 Å². The maximum absolute atomic E-state index is 11.3. The van der Waals surface area contributed by atoms with Crippen LogP contribution in [0, 0.1) is 0 Å². The summed E-state index contributed by atoms with van der Waals surface area (Å²) in [7, 11) is 0. The van der Waals surface area contributed by atoms with E-state index in [0.29, 0.717) is 5.56 Å². The van der Waals surface area contributed by atoms with Crippen LogP contribution >= 0.6 is 11.6 Å². The van der Waals surface area contributed by atoms with Gasteiger partial charge in [0.2, 0.25) is 0 Å². The zero-order chi connectivity index (χ0) is 9.97.